The topological polar surface area (TPSA) is 49.4 Å². The van der Waals surface area contributed by atoms with Crippen LogP contribution in [0.4, 0.5) is 11.4 Å². The van der Waals surface area contributed by atoms with E-state index >= 15 is 0 Å². The van der Waals surface area contributed by atoms with Crippen molar-refractivity contribution in [1.82, 2.24) is 0 Å². The molecule has 0 saturated heterocycles. The molecule has 0 aromatic heterocycles. The fourth-order valence-corrected chi connectivity index (χ4v) is 2.65. The van der Waals surface area contributed by atoms with Crippen LogP contribution in [0, 0.1) is 13.8 Å². The van der Waals surface area contributed by atoms with E-state index in [4.69, 9.17) is 23.2 Å². The van der Waals surface area contributed by atoms with Gasteiger partial charge in [0.05, 0.1) is 10.7 Å². The van der Waals surface area contributed by atoms with Crippen LogP contribution in [0.15, 0.2) is 36.4 Å². The number of halogens is 2. The Morgan fingerprint density at radius 3 is 2.46 bits per heavy atom. The molecule has 24 heavy (non-hydrogen) atoms. The van der Waals surface area contributed by atoms with Gasteiger partial charge in [0.25, 0.3) is 0 Å². The smallest absolute Gasteiger partial charge is 0.244 e. The molecule has 2 amide bonds. The highest BCUT2D eigenvalue weighted by molar-refractivity contribution is 6.35. The number of hydrogen-bond acceptors (Lipinski definition) is 2. The lowest BCUT2D eigenvalue weighted by atomic mass is 10.1. The van der Waals surface area contributed by atoms with Crippen molar-refractivity contribution in [2.75, 3.05) is 16.8 Å². The first kappa shape index (κ1) is 18.3. The van der Waals surface area contributed by atoms with Gasteiger partial charge in [-0.15, -0.1) is 0 Å². The SMILES string of the molecule is CC(=O)N(CC(=O)Nc1cc(C)ccc1C)c1cc(Cl)ccc1Cl. The monoisotopic (exact) mass is 364 g/mol. The Balaban J connectivity index is 2.22. The molecule has 0 spiro atoms. The Bertz CT molecular complexity index is 791. The van der Waals surface area contributed by atoms with Crippen molar-refractivity contribution in [2.45, 2.75) is 20.8 Å². The van der Waals surface area contributed by atoms with Crippen LogP contribution in [0.25, 0.3) is 0 Å². The molecule has 6 heteroatoms. The van der Waals surface area contributed by atoms with Crippen molar-refractivity contribution in [3.8, 4) is 0 Å². The van der Waals surface area contributed by atoms with E-state index < -0.39 is 0 Å². The van der Waals surface area contributed by atoms with E-state index in [1.54, 1.807) is 18.2 Å². The van der Waals surface area contributed by atoms with Crippen molar-refractivity contribution in [1.29, 1.82) is 0 Å². The Hall–Kier alpha value is -2.04. The number of anilines is 2. The van der Waals surface area contributed by atoms with Crippen LogP contribution in [-0.4, -0.2) is 18.4 Å². The number of amides is 2. The Morgan fingerprint density at radius 1 is 1.08 bits per heavy atom. The van der Waals surface area contributed by atoms with Gasteiger partial charge in [0.2, 0.25) is 11.8 Å². The van der Waals surface area contributed by atoms with Gasteiger partial charge >= 0.3 is 0 Å². The molecule has 0 aliphatic carbocycles. The van der Waals surface area contributed by atoms with Gasteiger partial charge in [-0.3, -0.25) is 9.59 Å². The van der Waals surface area contributed by atoms with Gasteiger partial charge in [-0.25, -0.2) is 0 Å². The molecule has 4 nitrogen and oxygen atoms in total. The summed E-state index contributed by atoms with van der Waals surface area (Å²) in [6, 6.07) is 10.6. The molecule has 2 aromatic rings. The molecule has 0 fully saturated rings. The lowest BCUT2D eigenvalue weighted by Gasteiger charge is -2.22. The zero-order valence-electron chi connectivity index (χ0n) is 13.7. The second-order valence-corrected chi connectivity index (χ2v) is 6.41. The summed E-state index contributed by atoms with van der Waals surface area (Å²) < 4.78 is 0. The third kappa shape index (κ3) is 4.49. The summed E-state index contributed by atoms with van der Waals surface area (Å²) in [6.45, 7) is 5.08. The normalized spacial score (nSPS) is 10.4. The summed E-state index contributed by atoms with van der Waals surface area (Å²) in [4.78, 5) is 25.6. The van der Waals surface area contributed by atoms with E-state index in [0.29, 0.717) is 15.7 Å². The summed E-state index contributed by atoms with van der Waals surface area (Å²) in [5.74, 6) is -0.606. The summed E-state index contributed by atoms with van der Waals surface area (Å²) in [7, 11) is 0. The fourth-order valence-electron chi connectivity index (χ4n) is 2.26. The van der Waals surface area contributed by atoms with Gasteiger partial charge in [-0.2, -0.15) is 0 Å². The summed E-state index contributed by atoms with van der Waals surface area (Å²) in [5, 5.41) is 3.63. The first-order valence-electron chi connectivity index (χ1n) is 7.38. The van der Waals surface area contributed by atoms with E-state index in [2.05, 4.69) is 5.32 Å². The molecule has 0 saturated carbocycles. The van der Waals surface area contributed by atoms with Crippen molar-refractivity contribution >= 4 is 46.4 Å². The minimum Gasteiger partial charge on any atom is -0.324 e. The number of hydrogen-bond donors (Lipinski definition) is 1. The van der Waals surface area contributed by atoms with Crippen LogP contribution in [0.2, 0.25) is 10.0 Å². The third-order valence-corrected chi connectivity index (χ3v) is 4.10. The predicted molar refractivity (Wildman–Crippen MR) is 99.0 cm³/mol. The standard InChI is InChI=1S/C18H18Cl2N2O2/c1-11-4-5-12(2)16(8-11)21-18(24)10-22(13(3)23)17-9-14(19)6-7-15(17)20/h4-9H,10H2,1-3H3,(H,21,24). The van der Waals surface area contributed by atoms with Crippen LogP contribution in [0.5, 0.6) is 0 Å². The van der Waals surface area contributed by atoms with Crippen molar-refractivity contribution < 1.29 is 9.59 Å². The van der Waals surface area contributed by atoms with Gasteiger partial charge in [-0.1, -0.05) is 35.3 Å². The summed E-state index contributed by atoms with van der Waals surface area (Å²) in [6.07, 6.45) is 0. The van der Waals surface area contributed by atoms with E-state index in [1.807, 2.05) is 32.0 Å². The van der Waals surface area contributed by atoms with Crippen molar-refractivity contribution in [3.05, 3.63) is 57.6 Å². The molecule has 0 aliphatic heterocycles. The number of aryl methyl sites for hydroxylation is 2. The zero-order valence-corrected chi connectivity index (χ0v) is 15.2. The molecule has 0 radical (unpaired) electrons. The maximum absolute atomic E-state index is 12.4. The first-order chi connectivity index (χ1) is 11.3. The molecule has 2 aromatic carbocycles. The van der Waals surface area contributed by atoms with E-state index in [0.717, 1.165) is 16.8 Å². The molecular formula is C18H18Cl2N2O2. The second kappa shape index (κ2) is 7.69. The van der Waals surface area contributed by atoms with Gasteiger partial charge in [-0.05, 0) is 49.2 Å². The molecule has 0 aliphatic rings. The van der Waals surface area contributed by atoms with Crippen LogP contribution in [0.1, 0.15) is 18.1 Å². The van der Waals surface area contributed by atoms with Crippen molar-refractivity contribution in [2.24, 2.45) is 0 Å². The zero-order chi connectivity index (χ0) is 17.9. The fraction of sp³-hybridized carbons (Fsp3) is 0.222. The predicted octanol–water partition coefficient (Wildman–Crippen LogP) is 4.60. The third-order valence-electron chi connectivity index (χ3n) is 3.55. The average Bonchev–Trinajstić information content (AvgIpc) is 2.51. The van der Waals surface area contributed by atoms with E-state index in [9.17, 15) is 9.59 Å². The van der Waals surface area contributed by atoms with Gasteiger partial charge in [0.15, 0.2) is 0 Å². The van der Waals surface area contributed by atoms with Crippen molar-refractivity contribution in [3.63, 3.8) is 0 Å². The minimum atomic E-state index is -0.310. The van der Waals surface area contributed by atoms with Gasteiger partial charge in [0.1, 0.15) is 6.54 Å². The molecule has 0 atom stereocenters. The minimum absolute atomic E-state index is 0.150. The molecule has 126 valence electrons. The Kier molecular flexibility index (Phi) is 5.86. The maximum atomic E-state index is 12.4. The Morgan fingerprint density at radius 2 is 1.79 bits per heavy atom. The lowest BCUT2D eigenvalue weighted by molar-refractivity contribution is -0.120. The maximum Gasteiger partial charge on any atom is 0.244 e. The number of carbonyl (C=O) groups excluding carboxylic acids is 2. The van der Waals surface area contributed by atoms with Crippen LogP contribution in [0.3, 0.4) is 0 Å². The quantitative estimate of drug-likeness (QED) is 0.861. The van der Waals surface area contributed by atoms with Crippen LogP contribution in [-0.2, 0) is 9.59 Å². The number of carbonyl (C=O) groups is 2. The summed E-state index contributed by atoms with van der Waals surface area (Å²) >= 11 is 12.1. The number of benzene rings is 2. The highest BCUT2D eigenvalue weighted by Gasteiger charge is 2.19. The largest absolute Gasteiger partial charge is 0.324 e. The molecule has 0 unspecified atom stereocenters. The average molecular weight is 365 g/mol. The number of nitrogens with one attached hydrogen (secondary N) is 1. The second-order valence-electron chi connectivity index (χ2n) is 5.57. The molecule has 0 bridgehead atoms. The molecule has 0 heterocycles. The van der Waals surface area contributed by atoms with Crippen LogP contribution >= 0.6 is 23.2 Å². The van der Waals surface area contributed by atoms with Gasteiger partial charge < -0.3 is 10.2 Å². The Labute approximate surface area is 151 Å². The highest BCUT2D eigenvalue weighted by atomic mass is 35.5. The summed E-state index contributed by atoms with van der Waals surface area (Å²) in [5.41, 5.74) is 3.12. The van der Waals surface area contributed by atoms with Crippen LogP contribution < -0.4 is 10.2 Å². The molecular weight excluding hydrogens is 347 g/mol. The lowest BCUT2D eigenvalue weighted by Crippen LogP contribution is -2.37. The van der Waals surface area contributed by atoms with E-state index in [-0.39, 0.29) is 18.4 Å². The van der Waals surface area contributed by atoms with E-state index in [1.165, 1.54) is 11.8 Å². The number of rotatable bonds is 4. The molecule has 2 rings (SSSR count). The first-order valence-corrected chi connectivity index (χ1v) is 8.14. The highest BCUT2D eigenvalue weighted by Crippen LogP contribution is 2.29. The van der Waals surface area contributed by atoms with Gasteiger partial charge in [0, 0.05) is 17.6 Å². The number of nitrogens with zero attached hydrogens (tertiary/aromatic N) is 1. The molecule has 1 N–H and O–H groups in total.